The molecule has 0 saturated heterocycles. The van der Waals surface area contributed by atoms with Gasteiger partial charge in [0.1, 0.15) is 0 Å². The van der Waals surface area contributed by atoms with Crippen LogP contribution in [0, 0.1) is 0 Å². The monoisotopic (exact) mass is 235 g/mol. The van der Waals surface area contributed by atoms with Crippen molar-refractivity contribution in [2.45, 2.75) is 11.6 Å². The van der Waals surface area contributed by atoms with E-state index in [1.54, 1.807) is 11.8 Å². The van der Waals surface area contributed by atoms with Gasteiger partial charge in [0, 0.05) is 11.3 Å². The van der Waals surface area contributed by atoms with Crippen LogP contribution in [0.5, 0.6) is 0 Å². The molecule has 0 aliphatic carbocycles. The van der Waals surface area contributed by atoms with Crippen LogP contribution in [0.3, 0.4) is 0 Å². The zero-order chi connectivity index (χ0) is 11.2. The normalized spacial score (nSPS) is 10.6. The van der Waals surface area contributed by atoms with Crippen molar-refractivity contribution in [3.05, 3.63) is 30.3 Å². The molecule has 16 heavy (non-hydrogen) atoms. The van der Waals surface area contributed by atoms with E-state index in [0.29, 0.717) is 17.7 Å². The van der Waals surface area contributed by atoms with Crippen molar-refractivity contribution in [3.63, 3.8) is 0 Å². The topological polar surface area (TPSA) is 64.9 Å². The standard InChI is InChI=1S/C11H13N3OS/c12-7-4-8-16-11-14-13-10(15-11)9-5-2-1-3-6-9/h1-3,5-6H,4,7-8,12H2. The van der Waals surface area contributed by atoms with Crippen LogP contribution in [-0.2, 0) is 0 Å². The lowest BCUT2D eigenvalue weighted by atomic mass is 10.2. The number of nitrogens with two attached hydrogens (primary N) is 1. The van der Waals surface area contributed by atoms with Gasteiger partial charge < -0.3 is 10.2 Å². The van der Waals surface area contributed by atoms with Crippen molar-refractivity contribution >= 4 is 11.8 Å². The van der Waals surface area contributed by atoms with E-state index in [2.05, 4.69) is 10.2 Å². The summed E-state index contributed by atoms with van der Waals surface area (Å²) in [5.41, 5.74) is 6.35. The average molecular weight is 235 g/mol. The Hall–Kier alpha value is -1.33. The highest BCUT2D eigenvalue weighted by atomic mass is 32.2. The van der Waals surface area contributed by atoms with Gasteiger partial charge in [0.15, 0.2) is 0 Å². The van der Waals surface area contributed by atoms with Crippen LogP contribution in [0.25, 0.3) is 11.5 Å². The molecule has 1 heterocycles. The second-order valence-electron chi connectivity index (χ2n) is 3.23. The van der Waals surface area contributed by atoms with Gasteiger partial charge in [-0.25, -0.2) is 0 Å². The van der Waals surface area contributed by atoms with Gasteiger partial charge in [-0.3, -0.25) is 0 Å². The first kappa shape index (κ1) is 11.2. The summed E-state index contributed by atoms with van der Waals surface area (Å²) in [5.74, 6) is 1.48. The molecule has 0 radical (unpaired) electrons. The highest BCUT2D eigenvalue weighted by Crippen LogP contribution is 2.22. The number of thioether (sulfide) groups is 1. The molecule has 0 atom stereocenters. The van der Waals surface area contributed by atoms with Gasteiger partial charge in [0.2, 0.25) is 5.89 Å². The molecule has 0 aliphatic rings. The molecule has 84 valence electrons. The molecule has 1 aromatic carbocycles. The number of rotatable bonds is 5. The summed E-state index contributed by atoms with van der Waals surface area (Å²) in [4.78, 5) is 0. The smallest absolute Gasteiger partial charge is 0.276 e. The average Bonchev–Trinajstić information content (AvgIpc) is 2.79. The Morgan fingerprint density at radius 3 is 2.75 bits per heavy atom. The third kappa shape index (κ3) is 2.84. The second kappa shape index (κ2) is 5.67. The molecule has 4 nitrogen and oxygen atoms in total. The molecule has 0 amide bonds. The first-order valence-electron chi connectivity index (χ1n) is 5.12. The third-order valence-electron chi connectivity index (χ3n) is 2.00. The van der Waals surface area contributed by atoms with Gasteiger partial charge in [0.05, 0.1) is 0 Å². The van der Waals surface area contributed by atoms with Crippen LogP contribution < -0.4 is 5.73 Å². The highest BCUT2D eigenvalue weighted by Gasteiger charge is 2.07. The van der Waals surface area contributed by atoms with E-state index >= 15 is 0 Å². The number of hydrogen-bond donors (Lipinski definition) is 1. The lowest BCUT2D eigenvalue weighted by Crippen LogP contribution is -1.99. The molecule has 0 spiro atoms. The largest absolute Gasteiger partial charge is 0.411 e. The Bertz CT molecular complexity index is 430. The summed E-state index contributed by atoms with van der Waals surface area (Å²) in [7, 11) is 0. The minimum absolute atomic E-state index is 0.566. The maximum absolute atomic E-state index is 5.52. The summed E-state index contributed by atoms with van der Waals surface area (Å²) in [6.07, 6.45) is 0.952. The van der Waals surface area contributed by atoms with Crippen molar-refractivity contribution in [3.8, 4) is 11.5 Å². The summed E-state index contributed by atoms with van der Waals surface area (Å²) in [5, 5.41) is 8.57. The maximum atomic E-state index is 5.52. The summed E-state index contributed by atoms with van der Waals surface area (Å²) in [6.45, 7) is 0.687. The molecule has 0 unspecified atom stereocenters. The van der Waals surface area contributed by atoms with Crippen LogP contribution in [0.1, 0.15) is 6.42 Å². The molecule has 2 rings (SSSR count). The number of hydrogen-bond acceptors (Lipinski definition) is 5. The maximum Gasteiger partial charge on any atom is 0.276 e. The van der Waals surface area contributed by atoms with Crippen molar-refractivity contribution in [1.29, 1.82) is 0 Å². The van der Waals surface area contributed by atoms with Crippen LogP contribution in [-0.4, -0.2) is 22.5 Å². The molecule has 1 aromatic heterocycles. The van der Waals surface area contributed by atoms with E-state index in [1.165, 1.54) is 0 Å². The fourth-order valence-electron chi connectivity index (χ4n) is 1.21. The Kier molecular flexibility index (Phi) is 3.96. The number of nitrogens with zero attached hydrogens (tertiary/aromatic N) is 2. The van der Waals surface area contributed by atoms with E-state index in [-0.39, 0.29) is 0 Å². The van der Waals surface area contributed by atoms with E-state index in [0.717, 1.165) is 17.7 Å². The highest BCUT2D eigenvalue weighted by molar-refractivity contribution is 7.99. The molecule has 0 fully saturated rings. The first-order valence-corrected chi connectivity index (χ1v) is 6.10. The van der Waals surface area contributed by atoms with E-state index in [1.807, 2.05) is 30.3 Å². The molecule has 0 bridgehead atoms. The van der Waals surface area contributed by atoms with Crippen molar-refractivity contribution in [2.24, 2.45) is 5.73 Å². The Balaban J connectivity index is 2.02. The van der Waals surface area contributed by atoms with Crippen LogP contribution >= 0.6 is 11.8 Å². The fourth-order valence-corrected chi connectivity index (χ4v) is 1.93. The number of aromatic nitrogens is 2. The van der Waals surface area contributed by atoms with Crippen LogP contribution in [0.2, 0.25) is 0 Å². The lowest BCUT2D eigenvalue weighted by molar-refractivity contribution is 0.466. The van der Waals surface area contributed by atoms with Gasteiger partial charge in [-0.15, -0.1) is 10.2 Å². The zero-order valence-electron chi connectivity index (χ0n) is 8.80. The number of benzene rings is 1. The van der Waals surface area contributed by atoms with Gasteiger partial charge in [-0.05, 0) is 25.1 Å². The van der Waals surface area contributed by atoms with Crippen molar-refractivity contribution < 1.29 is 4.42 Å². The quantitative estimate of drug-likeness (QED) is 0.635. The Labute approximate surface area is 98.2 Å². The third-order valence-corrected chi connectivity index (χ3v) is 2.91. The summed E-state index contributed by atoms with van der Waals surface area (Å²) in [6, 6.07) is 9.74. The fraction of sp³-hybridized carbons (Fsp3) is 0.273. The molecule has 2 aromatic rings. The predicted molar refractivity (Wildman–Crippen MR) is 64.1 cm³/mol. The van der Waals surface area contributed by atoms with E-state index < -0.39 is 0 Å². The summed E-state index contributed by atoms with van der Waals surface area (Å²) >= 11 is 1.54. The Morgan fingerprint density at radius 1 is 1.19 bits per heavy atom. The molecule has 2 N–H and O–H groups in total. The van der Waals surface area contributed by atoms with Gasteiger partial charge >= 0.3 is 0 Å². The molecular weight excluding hydrogens is 222 g/mol. The minimum Gasteiger partial charge on any atom is -0.411 e. The van der Waals surface area contributed by atoms with Gasteiger partial charge in [0.25, 0.3) is 5.22 Å². The zero-order valence-corrected chi connectivity index (χ0v) is 9.61. The van der Waals surface area contributed by atoms with E-state index in [4.69, 9.17) is 10.2 Å². The second-order valence-corrected chi connectivity index (χ2v) is 4.28. The first-order chi connectivity index (χ1) is 7.90. The SMILES string of the molecule is NCCCSc1nnc(-c2ccccc2)o1. The van der Waals surface area contributed by atoms with Crippen LogP contribution in [0.15, 0.2) is 40.0 Å². The molecule has 0 aliphatic heterocycles. The van der Waals surface area contributed by atoms with Crippen LogP contribution in [0.4, 0.5) is 0 Å². The van der Waals surface area contributed by atoms with Gasteiger partial charge in [-0.2, -0.15) is 0 Å². The Morgan fingerprint density at radius 2 is 2.00 bits per heavy atom. The van der Waals surface area contributed by atoms with Crippen molar-refractivity contribution in [2.75, 3.05) is 12.3 Å². The molecule has 5 heteroatoms. The summed E-state index contributed by atoms with van der Waals surface area (Å²) < 4.78 is 5.52. The molecular formula is C11H13N3OS. The van der Waals surface area contributed by atoms with Gasteiger partial charge in [-0.1, -0.05) is 30.0 Å². The minimum atomic E-state index is 0.566. The molecule has 0 saturated carbocycles. The van der Waals surface area contributed by atoms with Crippen molar-refractivity contribution in [1.82, 2.24) is 10.2 Å². The predicted octanol–water partition coefficient (Wildman–Crippen LogP) is 2.18. The lowest BCUT2D eigenvalue weighted by Gasteiger charge is -1.93. The van der Waals surface area contributed by atoms with E-state index in [9.17, 15) is 0 Å².